The van der Waals surface area contributed by atoms with Gasteiger partial charge in [0.1, 0.15) is 18.1 Å². The first-order valence-corrected chi connectivity index (χ1v) is 9.41. The van der Waals surface area contributed by atoms with Crippen LogP contribution in [0.3, 0.4) is 0 Å². The number of aliphatic hydroxyl groups excluding tert-OH is 1. The molecule has 0 atom stereocenters. The average Bonchev–Trinajstić information content (AvgIpc) is 2.76. The lowest BCUT2D eigenvalue weighted by Crippen LogP contribution is -2.40. The summed E-state index contributed by atoms with van der Waals surface area (Å²) in [6.07, 6.45) is 0. The molecular formula is C22H28O7. The van der Waals surface area contributed by atoms with Crippen molar-refractivity contribution in [1.82, 2.24) is 0 Å². The van der Waals surface area contributed by atoms with Crippen molar-refractivity contribution in [2.24, 2.45) is 0 Å². The number of carbonyl (C=O) groups is 1. The topological polar surface area (TPSA) is 83.5 Å². The van der Waals surface area contributed by atoms with E-state index < -0.39 is 5.79 Å². The molecule has 0 unspecified atom stereocenters. The molecule has 0 aliphatic heterocycles. The quantitative estimate of drug-likeness (QED) is 0.312. The highest BCUT2D eigenvalue weighted by Crippen LogP contribution is 2.32. The molecule has 2 aromatic rings. The standard InChI is InChI=1S/C22H28O7/c1-4-28-19-9-5-17(6-10-19)21(24)22(25-2,26-3)18-7-11-20(12-8-18)29-16-15-27-14-13-23/h5-12,23H,4,13-16H2,1-3H3. The second kappa shape index (κ2) is 11.5. The van der Waals surface area contributed by atoms with E-state index in [4.69, 9.17) is 28.8 Å². The molecule has 7 nitrogen and oxygen atoms in total. The van der Waals surface area contributed by atoms with Gasteiger partial charge in [-0.2, -0.15) is 0 Å². The van der Waals surface area contributed by atoms with E-state index in [1.807, 2.05) is 6.92 Å². The van der Waals surface area contributed by atoms with Crippen LogP contribution in [0.2, 0.25) is 0 Å². The van der Waals surface area contributed by atoms with Crippen molar-refractivity contribution in [3.8, 4) is 11.5 Å². The summed E-state index contributed by atoms with van der Waals surface area (Å²) in [6.45, 7) is 3.43. The molecule has 0 saturated carbocycles. The minimum Gasteiger partial charge on any atom is -0.494 e. The molecule has 0 spiro atoms. The van der Waals surface area contributed by atoms with E-state index in [0.717, 1.165) is 0 Å². The highest BCUT2D eigenvalue weighted by molar-refractivity contribution is 6.02. The van der Waals surface area contributed by atoms with Crippen molar-refractivity contribution < 1.29 is 33.6 Å². The summed E-state index contributed by atoms with van der Waals surface area (Å²) in [5.74, 6) is -0.586. The smallest absolute Gasteiger partial charge is 0.260 e. The zero-order valence-corrected chi connectivity index (χ0v) is 17.1. The second-order valence-corrected chi connectivity index (χ2v) is 6.02. The van der Waals surface area contributed by atoms with Crippen LogP contribution in [0.15, 0.2) is 48.5 Å². The molecule has 0 aromatic heterocycles. The largest absolute Gasteiger partial charge is 0.494 e. The number of hydrogen-bond donors (Lipinski definition) is 1. The molecule has 29 heavy (non-hydrogen) atoms. The highest BCUT2D eigenvalue weighted by Gasteiger charge is 2.41. The Morgan fingerprint density at radius 1 is 0.862 bits per heavy atom. The van der Waals surface area contributed by atoms with Gasteiger partial charge in [0.05, 0.1) is 26.4 Å². The first-order chi connectivity index (χ1) is 14.1. The van der Waals surface area contributed by atoms with Crippen LogP contribution in [-0.2, 0) is 20.0 Å². The van der Waals surface area contributed by atoms with Crippen LogP contribution in [0.4, 0.5) is 0 Å². The Morgan fingerprint density at radius 2 is 1.45 bits per heavy atom. The Balaban J connectivity index is 2.15. The molecule has 0 amide bonds. The number of ketones is 1. The average molecular weight is 404 g/mol. The van der Waals surface area contributed by atoms with Gasteiger partial charge in [-0.1, -0.05) is 0 Å². The van der Waals surface area contributed by atoms with E-state index in [1.165, 1.54) is 14.2 Å². The van der Waals surface area contributed by atoms with E-state index in [2.05, 4.69) is 0 Å². The molecule has 0 fully saturated rings. The summed E-state index contributed by atoms with van der Waals surface area (Å²) in [7, 11) is 2.86. The van der Waals surface area contributed by atoms with E-state index in [0.29, 0.717) is 42.4 Å². The van der Waals surface area contributed by atoms with Crippen LogP contribution >= 0.6 is 0 Å². The normalized spacial score (nSPS) is 11.3. The van der Waals surface area contributed by atoms with Gasteiger partial charge in [0.25, 0.3) is 5.79 Å². The fraction of sp³-hybridized carbons (Fsp3) is 0.409. The van der Waals surface area contributed by atoms with Gasteiger partial charge in [-0.15, -0.1) is 0 Å². The summed E-state index contributed by atoms with van der Waals surface area (Å²) < 4.78 is 27.2. The number of methoxy groups -OCH3 is 2. The number of benzene rings is 2. The van der Waals surface area contributed by atoms with Crippen molar-refractivity contribution in [1.29, 1.82) is 0 Å². The lowest BCUT2D eigenvalue weighted by Gasteiger charge is -2.30. The van der Waals surface area contributed by atoms with E-state index in [9.17, 15) is 4.79 Å². The van der Waals surface area contributed by atoms with Crippen molar-refractivity contribution >= 4 is 5.78 Å². The lowest BCUT2D eigenvalue weighted by atomic mass is 9.95. The number of ether oxygens (including phenoxy) is 5. The summed E-state index contributed by atoms with van der Waals surface area (Å²) >= 11 is 0. The van der Waals surface area contributed by atoms with Crippen molar-refractivity contribution in [2.45, 2.75) is 12.7 Å². The predicted octanol–water partition coefficient (Wildman–Crippen LogP) is 2.80. The molecule has 7 heteroatoms. The predicted molar refractivity (Wildman–Crippen MR) is 107 cm³/mol. The third kappa shape index (κ3) is 5.77. The van der Waals surface area contributed by atoms with Gasteiger partial charge in [0.2, 0.25) is 5.78 Å². The monoisotopic (exact) mass is 404 g/mol. The van der Waals surface area contributed by atoms with Crippen LogP contribution in [0.25, 0.3) is 0 Å². The third-order valence-corrected chi connectivity index (χ3v) is 4.27. The molecule has 0 bridgehead atoms. The SMILES string of the molecule is CCOc1ccc(C(=O)C(OC)(OC)c2ccc(OCCOCCO)cc2)cc1. The van der Waals surface area contributed by atoms with E-state index >= 15 is 0 Å². The molecule has 1 N–H and O–H groups in total. The summed E-state index contributed by atoms with van der Waals surface area (Å²) in [5, 5.41) is 8.68. The Kier molecular flexibility index (Phi) is 9.08. The van der Waals surface area contributed by atoms with Gasteiger partial charge in [-0.05, 0) is 55.5 Å². The Hall–Kier alpha value is -2.45. The first kappa shape index (κ1) is 22.8. The zero-order chi connectivity index (χ0) is 21.1. The molecular weight excluding hydrogens is 376 g/mol. The zero-order valence-electron chi connectivity index (χ0n) is 17.1. The minimum atomic E-state index is -1.57. The maximum atomic E-state index is 13.2. The molecule has 0 aliphatic carbocycles. The molecule has 0 heterocycles. The molecule has 0 saturated heterocycles. The van der Waals surface area contributed by atoms with Crippen LogP contribution in [0.5, 0.6) is 11.5 Å². The Bertz CT molecular complexity index is 737. The number of aliphatic hydroxyl groups is 1. The Morgan fingerprint density at radius 3 is 2.00 bits per heavy atom. The van der Waals surface area contributed by atoms with Crippen LogP contribution in [0, 0.1) is 0 Å². The summed E-state index contributed by atoms with van der Waals surface area (Å²) in [5.41, 5.74) is 0.990. The number of rotatable bonds is 13. The minimum absolute atomic E-state index is 0.0206. The summed E-state index contributed by atoms with van der Waals surface area (Å²) in [4.78, 5) is 13.2. The maximum absolute atomic E-state index is 13.2. The fourth-order valence-electron chi connectivity index (χ4n) is 2.85. The fourth-order valence-corrected chi connectivity index (χ4v) is 2.85. The second-order valence-electron chi connectivity index (χ2n) is 6.02. The molecule has 2 aromatic carbocycles. The van der Waals surface area contributed by atoms with E-state index in [-0.39, 0.29) is 19.0 Å². The molecule has 0 radical (unpaired) electrons. The van der Waals surface area contributed by atoms with Gasteiger partial charge in [-0.3, -0.25) is 4.79 Å². The van der Waals surface area contributed by atoms with Crippen molar-refractivity contribution in [3.63, 3.8) is 0 Å². The van der Waals surface area contributed by atoms with Crippen LogP contribution in [0.1, 0.15) is 22.8 Å². The number of Topliss-reactive ketones (excluding diaryl/α,β-unsaturated/α-hetero) is 1. The molecule has 158 valence electrons. The third-order valence-electron chi connectivity index (χ3n) is 4.27. The number of carbonyl (C=O) groups excluding carboxylic acids is 1. The van der Waals surface area contributed by atoms with Gasteiger partial charge in [-0.25, -0.2) is 0 Å². The maximum Gasteiger partial charge on any atom is 0.260 e. The van der Waals surface area contributed by atoms with Crippen LogP contribution in [-0.4, -0.2) is 58.1 Å². The van der Waals surface area contributed by atoms with Crippen LogP contribution < -0.4 is 9.47 Å². The molecule has 0 aliphatic rings. The van der Waals surface area contributed by atoms with Crippen molar-refractivity contribution in [3.05, 3.63) is 59.7 Å². The van der Waals surface area contributed by atoms with Gasteiger partial charge >= 0.3 is 0 Å². The van der Waals surface area contributed by atoms with Gasteiger partial charge in [0, 0.05) is 25.3 Å². The van der Waals surface area contributed by atoms with E-state index in [1.54, 1.807) is 48.5 Å². The summed E-state index contributed by atoms with van der Waals surface area (Å²) in [6, 6.07) is 13.8. The van der Waals surface area contributed by atoms with Gasteiger partial charge < -0.3 is 28.8 Å². The molecule has 2 rings (SSSR count). The van der Waals surface area contributed by atoms with Crippen molar-refractivity contribution in [2.75, 3.05) is 47.3 Å². The lowest BCUT2D eigenvalue weighted by molar-refractivity contribution is -0.176. The highest BCUT2D eigenvalue weighted by atomic mass is 16.7. The first-order valence-electron chi connectivity index (χ1n) is 9.41. The number of hydrogen-bond acceptors (Lipinski definition) is 7. The Labute approximate surface area is 171 Å². The van der Waals surface area contributed by atoms with Gasteiger partial charge in [0.15, 0.2) is 0 Å².